The molecule has 1 atom stereocenters. The lowest BCUT2D eigenvalue weighted by Crippen LogP contribution is -2.24. The number of rotatable bonds is 4. The number of hydrogen-bond acceptors (Lipinski definition) is 3. The zero-order chi connectivity index (χ0) is 13.8. The summed E-state index contributed by atoms with van der Waals surface area (Å²) in [6, 6.07) is 4.62. The molecule has 1 aromatic carbocycles. The molecule has 0 fully saturated rings. The molecule has 0 saturated heterocycles. The Balaban J connectivity index is 2.51. The average molecular weight is 255 g/mol. The van der Waals surface area contributed by atoms with Crippen LogP contribution in [-0.2, 0) is 0 Å². The van der Waals surface area contributed by atoms with Crippen molar-refractivity contribution in [1.82, 2.24) is 15.3 Å². The molecule has 0 bridgehead atoms. The molecule has 3 nitrogen and oxygen atoms in total. The van der Waals surface area contributed by atoms with E-state index in [2.05, 4.69) is 55.1 Å². The smallest absolute Gasteiger partial charge is 0.115 e. The number of aromatic nitrogens is 2. The molecule has 100 valence electrons. The van der Waals surface area contributed by atoms with E-state index in [0.717, 1.165) is 12.1 Å². The maximum Gasteiger partial charge on any atom is 0.115 e. The largest absolute Gasteiger partial charge is 0.306 e. The summed E-state index contributed by atoms with van der Waals surface area (Å²) in [5.41, 5.74) is 6.37. The van der Waals surface area contributed by atoms with E-state index in [1.807, 2.05) is 12.4 Å². The maximum absolute atomic E-state index is 4.14. The molecular formula is C16H21N3. The van der Waals surface area contributed by atoms with E-state index >= 15 is 0 Å². The number of hydrogen-bond donors (Lipinski definition) is 1. The average Bonchev–Trinajstić information content (AvgIpc) is 2.37. The second-order valence-corrected chi connectivity index (χ2v) is 4.97. The highest BCUT2D eigenvalue weighted by molar-refractivity contribution is 5.43. The predicted molar refractivity (Wildman–Crippen MR) is 78.2 cm³/mol. The van der Waals surface area contributed by atoms with Crippen LogP contribution in [0, 0.1) is 20.8 Å². The second kappa shape index (κ2) is 5.93. The Morgan fingerprint density at radius 3 is 2.16 bits per heavy atom. The molecule has 0 aliphatic carbocycles. The van der Waals surface area contributed by atoms with Gasteiger partial charge in [0.2, 0.25) is 0 Å². The highest BCUT2D eigenvalue weighted by atomic mass is 14.9. The van der Waals surface area contributed by atoms with Gasteiger partial charge in [0, 0.05) is 18.0 Å². The fourth-order valence-corrected chi connectivity index (χ4v) is 2.70. The number of aryl methyl sites for hydroxylation is 3. The van der Waals surface area contributed by atoms with Crippen LogP contribution in [0.15, 0.2) is 30.9 Å². The topological polar surface area (TPSA) is 37.8 Å². The van der Waals surface area contributed by atoms with Gasteiger partial charge >= 0.3 is 0 Å². The number of benzene rings is 1. The summed E-state index contributed by atoms with van der Waals surface area (Å²) in [4.78, 5) is 8.28. The normalized spacial score (nSPS) is 12.4. The third-order valence-electron chi connectivity index (χ3n) is 3.35. The van der Waals surface area contributed by atoms with Crippen molar-refractivity contribution in [3.63, 3.8) is 0 Å². The van der Waals surface area contributed by atoms with E-state index in [4.69, 9.17) is 0 Å². The monoisotopic (exact) mass is 255 g/mol. The van der Waals surface area contributed by atoms with Gasteiger partial charge in [0.25, 0.3) is 0 Å². The Hall–Kier alpha value is -1.74. The highest BCUT2D eigenvalue weighted by Crippen LogP contribution is 2.28. The molecule has 3 heteroatoms. The molecule has 2 aromatic rings. The van der Waals surface area contributed by atoms with Crippen molar-refractivity contribution in [2.24, 2.45) is 0 Å². The van der Waals surface area contributed by atoms with Crippen LogP contribution in [0.5, 0.6) is 0 Å². The van der Waals surface area contributed by atoms with Gasteiger partial charge in [-0.15, -0.1) is 0 Å². The Kier molecular flexibility index (Phi) is 4.27. The summed E-state index contributed by atoms with van der Waals surface area (Å²) in [5, 5.41) is 3.54. The van der Waals surface area contributed by atoms with Crippen LogP contribution < -0.4 is 5.32 Å². The summed E-state index contributed by atoms with van der Waals surface area (Å²) in [6.45, 7) is 9.51. The minimum atomic E-state index is 0.159. The minimum Gasteiger partial charge on any atom is -0.306 e. The summed E-state index contributed by atoms with van der Waals surface area (Å²) in [7, 11) is 0. The van der Waals surface area contributed by atoms with Crippen LogP contribution in [0.4, 0.5) is 0 Å². The van der Waals surface area contributed by atoms with Gasteiger partial charge in [-0.25, -0.2) is 9.97 Å². The molecule has 0 radical (unpaired) electrons. The van der Waals surface area contributed by atoms with Crippen molar-refractivity contribution in [3.8, 4) is 0 Å². The lowest BCUT2D eigenvalue weighted by Gasteiger charge is -2.23. The van der Waals surface area contributed by atoms with Gasteiger partial charge in [-0.1, -0.05) is 24.6 Å². The van der Waals surface area contributed by atoms with Gasteiger partial charge < -0.3 is 5.32 Å². The van der Waals surface area contributed by atoms with E-state index in [1.165, 1.54) is 22.3 Å². The van der Waals surface area contributed by atoms with E-state index in [-0.39, 0.29) is 6.04 Å². The molecule has 0 spiro atoms. The second-order valence-electron chi connectivity index (χ2n) is 4.97. The molecule has 1 aromatic heterocycles. The highest BCUT2D eigenvalue weighted by Gasteiger charge is 2.18. The van der Waals surface area contributed by atoms with Gasteiger partial charge in [-0.2, -0.15) is 0 Å². The van der Waals surface area contributed by atoms with Crippen LogP contribution in [0.25, 0.3) is 0 Å². The Morgan fingerprint density at radius 1 is 1.05 bits per heavy atom. The van der Waals surface area contributed by atoms with E-state index in [9.17, 15) is 0 Å². The quantitative estimate of drug-likeness (QED) is 0.912. The molecule has 2 rings (SSSR count). The van der Waals surface area contributed by atoms with Gasteiger partial charge in [0.05, 0.1) is 6.04 Å². The Labute approximate surface area is 115 Å². The lowest BCUT2D eigenvalue weighted by atomic mass is 9.91. The van der Waals surface area contributed by atoms with E-state index in [1.54, 1.807) is 6.33 Å². The van der Waals surface area contributed by atoms with Crippen LogP contribution in [0.2, 0.25) is 0 Å². The van der Waals surface area contributed by atoms with Crippen molar-refractivity contribution >= 4 is 0 Å². The van der Waals surface area contributed by atoms with Gasteiger partial charge in [-0.05, 0) is 44.0 Å². The predicted octanol–water partition coefficient (Wildman–Crippen LogP) is 3.10. The standard InChI is InChI=1S/C16H21N3/c1-5-19-16(14-8-17-10-18-9-14)15-12(3)6-11(2)7-13(15)4/h6-10,16,19H,5H2,1-4H3. The van der Waals surface area contributed by atoms with E-state index < -0.39 is 0 Å². The summed E-state index contributed by atoms with van der Waals surface area (Å²) in [5.74, 6) is 0. The summed E-state index contributed by atoms with van der Waals surface area (Å²) in [6.07, 6.45) is 5.35. The first-order valence-corrected chi connectivity index (χ1v) is 6.69. The molecule has 0 amide bonds. The SMILES string of the molecule is CCNC(c1cncnc1)c1c(C)cc(C)cc1C. The van der Waals surface area contributed by atoms with Gasteiger partial charge in [-0.3, -0.25) is 0 Å². The fraction of sp³-hybridized carbons (Fsp3) is 0.375. The first-order chi connectivity index (χ1) is 9.13. The molecule has 1 heterocycles. The molecule has 0 aliphatic rings. The first-order valence-electron chi connectivity index (χ1n) is 6.69. The first kappa shape index (κ1) is 13.7. The molecule has 0 aliphatic heterocycles. The van der Waals surface area contributed by atoms with Gasteiger partial charge in [0.1, 0.15) is 6.33 Å². The fourth-order valence-electron chi connectivity index (χ4n) is 2.70. The van der Waals surface area contributed by atoms with Crippen molar-refractivity contribution in [2.75, 3.05) is 6.54 Å². The Morgan fingerprint density at radius 2 is 1.63 bits per heavy atom. The van der Waals surface area contributed by atoms with Crippen LogP contribution in [0.3, 0.4) is 0 Å². The summed E-state index contributed by atoms with van der Waals surface area (Å²) < 4.78 is 0. The van der Waals surface area contributed by atoms with Crippen molar-refractivity contribution in [1.29, 1.82) is 0 Å². The third-order valence-corrected chi connectivity index (χ3v) is 3.35. The zero-order valence-electron chi connectivity index (χ0n) is 12.1. The molecule has 1 unspecified atom stereocenters. The summed E-state index contributed by atoms with van der Waals surface area (Å²) >= 11 is 0. The molecule has 19 heavy (non-hydrogen) atoms. The minimum absolute atomic E-state index is 0.159. The van der Waals surface area contributed by atoms with Crippen molar-refractivity contribution in [3.05, 3.63) is 58.7 Å². The Bertz CT molecular complexity index is 526. The lowest BCUT2D eigenvalue weighted by molar-refractivity contribution is 0.620. The number of nitrogens with one attached hydrogen (secondary N) is 1. The van der Waals surface area contributed by atoms with Crippen molar-refractivity contribution < 1.29 is 0 Å². The third kappa shape index (κ3) is 2.99. The van der Waals surface area contributed by atoms with Crippen LogP contribution in [-0.4, -0.2) is 16.5 Å². The molecule has 0 saturated carbocycles. The van der Waals surface area contributed by atoms with E-state index in [0.29, 0.717) is 0 Å². The maximum atomic E-state index is 4.14. The zero-order valence-corrected chi connectivity index (χ0v) is 12.1. The van der Waals surface area contributed by atoms with Crippen LogP contribution >= 0.6 is 0 Å². The van der Waals surface area contributed by atoms with Gasteiger partial charge in [0.15, 0.2) is 0 Å². The molecular weight excluding hydrogens is 234 g/mol. The molecule has 1 N–H and O–H groups in total. The number of nitrogens with zero attached hydrogens (tertiary/aromatic N) is 2. The van der Waals surface area contributed by atoms with Crippen LogP contribution in [0.1, 0.15) is 40.8 Å². The van der Waals surface area contributed by atoms with Crippen molar-refractivity contribution in [2.45, 2.75) is 33.7 Å².